The van der Waals surface area contributed by atoms with Gasteiger partial charge in [-0.3, -0.25) is 4.79 Å². The Morgan fingerprint density at radius 2 is 2.16 bits per heavy atom. The van der Waals surface area contributed by atoms with Crippen LogP contribution in [0.1, 0.15) is 36.9 Å². The lowest BCUT2D eigenvalue weighted by atomic mass is 9.97. The fourth-order valence-corrected chi connectivity index (χ4v) is 2.56. The number of amides is 1. The summed E-state index contributed by atoms with van der Waals surface area (Å²) in [6.45, 7) is 5.99. The van der Waals surface area contributed by atoms with E-state index >= 15 is 0 Å². The van der Waals surface area contributed by atoms with Gasteiger partial charge < -0.3 is 10.6 Å². The Morgan fingerprint density at radius 1 is 1.42 bits per heavy atom. The van der Waals surface area contributed by atoms with Crippen molar-refractivity contribution in [2.75, 3.05) is 13.1 Å². The topological polar surface area (TPSA) is 41.1 Å². The summed E-state index contributed by atoms with van der Waals surface area (Å²) >= 11 is 0. The van der Waals surface area contributed by atoms with E-state index in [1.54, 1.807) is 0 Å². The van der Waals surface area contributed by atoms with Crippen LogP contribution >= 0.6 is 12.4 Å². The van der Waals surface area contributed by atoms with Crippen LogP contribution in [0.4, 0.5) is 0 Å². The van der Waals surface area contributed by atoms with Gasteiger partial charge in [0.25, 0.3) is 0 Å². The Bertz CT molecular complexity index is 416. The lowest BCUT2D eigenvalue weighted by molar-refractivity contribution is -0.126. The molecule has 0 aliphatic carbocycles. The van der Waals surface area contributed by atoms with Crippen LogP contribution in [0.2, 0.25) is 0 Å². The van der Waals surface area contributed by atoms with Gasteiger partial charge in [0.15, 0.2) is 0 Å². The molecule has 1 aliphatic heterocycles. The minimum absolute atomic E-state index is 0. The Balaban J connectivity index is 0.00000180. The monoisotopic (exact) mass is 282 g/mol. The third kappa shape index (κ3) is 4.22. The predicted molar refractivity (Wildman–Crippen MR) is 80.6 cm³/mol. The molecule has 2 atom stereocenters. The van der Waals surface area contributed by atoms with E-state index in [1.807, 2.05) is 12.1 Å². The van der Waals surface area contributed by atoms with Gasteiger partial charge in [-0.15, -0.1) is 12.4 Å². The van der Waals surface area contributed by atoms with E-state index in [1.165, 1.54) is 11.1 Å². The molecule has 1 amide bonds. The van der Waals surface area contributed by atoms with Crippen molar-refractivity contribution in [1.29, 1.82) is 0 Å². The molecule has 2 rings (SSSR count). The summed E-state index contributed by atoms with van der Waals surface area (Å²) < 4.78 is 0. The first kappa shape index (κ1) is 16.0. The number of aryl methyl sites for hydroxylation is 1. The van der Waals surface area contributed by atoms with Gasteiger partial charge in [-0.25, -0.2) is 0 Å². The molecule has 0 spiro atoms. The van der Waals surface area contributed by atoms with Crippen molar-refractivity contribution in [3.8, 4) is 0 Å². The van der Waals surface area contributed by atoms with Gasteiger partial charge in [-0.1, -0.05) is 24.3 Å². The van der Waals surface area contributed by atoms with Crippen molar-refractivity contribution in [2.24, 2.45) is 5.92 Å². The maximum Gasteiger partial charge on any atom is 0.224 e. The number of hydrogen-bond acceptors (Lipinski definition) is 2. The fourth-order valence-electron chi connectivity index (χ4n) is 2.56. The van der Waals surface area contributed by atoms with Gasteiger partial charge in [0, 0.05) is 6.54 Å². The van der Waals surface area contributed by atoms with E-state index in [0.717, 1.165) is 25.9 Å². The summed E-state index contributed by atoms with van der Waals surface area (Å²) in [7, 11) is 0. The number of halogens is 1. The van der Waals surface area contributed by atoms with Crippen LogP contribution in [-0.4, -0.2) is 19.0 Å². The molecule has 1 aliphatic rings. The Labute approximate surface area is 121 Å². The quantitative estimate of drug-likeness (QED) is 0.895. The minimum Gasteiger partial charge on any atom is -0.349 e. The van der Waals surface area contributed by atoms with Crippen molar-refractivity contribution in [2.45, 2.75) is 32.7 Å². The maximum atomic E-state index is 12.1. The van der Waals surface area contributed by atoms with Crippen LogP contribution in [0.5, 0.6) is 0 Å². The van der Waals surface area contributed by atoms with Crippen molar-refractivity contribution >= 4 is 18.3 Å². The number of carbonyl (C=O) groups is 1. The number of nitrogens with one attached hydrogen (secondary N) is 2. The molecule has 0 radical (unpaired) electrons. The van der Waals surface area contributed by atoms with Crippen LogP contribution in [0.15, 0.2) is 24.3 Å². The molecular formula is C15H23ClN2O. The normalized spacial score (nSPS) is 20.2. The van der Waals surface area contributed by atoms with Crippen LogP contribution in [0.3, 0.4) is 0 Å². The van der Waals surface area contributed by atoms with Gasteiger partial charge in [-0.05, 0) is 44.4 Å². The number of piperidine rings is 1. The van der Waals surface area contributed by atoms with Crippen molar-refractivity contribution in [3.63, 3.8) is 0 Å². The molecular weight excluding hydrogens is 260 g/mol. The van der Waals surface area contributed by atoms with Gasteiger partial charge in [0.05, 0.1) is 12.0 Å². The highest BCUT2D eigenvalue weighted by atomic mass is 35.5. The molecule has 106 valence electrons. The molecule has 1 aromatic rings. The number of hydrogen-bond donors (Lipinski definition) is 2. The lowest BCUT2D eigenvalue weighted by Crippen LogP contribution is -2.41. The van der Waals surface area contributed by atoms with Crippen LogP contribution in [0, 0.1) is 12.8 Å². The Hall–Kier alpha value is -1.06. The third-order valence-electron chi connectivity index (χ3n) is 3.68. The van der Waals surface area contributed by atoms with E-state index in [2.05, 4.69) is 36.6 Å². The van der Waals surface area contributed by atoms with Gasteiger partial charge >= 0.3 is 0 Å². The second-order valence-corrected chi connectivity index (χ2v) is 5.13. The molecule has 0 bridgehead atoms. The molecule has 1 unspecified atom stereocenters. The zero-order valence-corrected chi connectivity index (χ0v) is 12.4. The standard InChI is InChI=1S/C15H22N2O.ClH/c1-11-6-3-4-8-14(11)12(2)17-15(18)13-7-5-9-16-10-13;/h3-4,6,8,12-13,16H,5,7,9-10H2,1-2H3,(H,17,18);1H/t12?,13-;/m1./s1. The number of carbonyl (C=O) groups excluding carboxylic acids is 1. The highest BCUT2D eigenvalue weighted by Crippen LogP contribution is 2.18. The average Bonchev–Trinajstić information content (AvgIpc) is 2.40. The molecule has 1 aromatic carbocycles. The molecule has 3 nitrogen and oxygen atoms in total. The number of rotatable bonds is 3. The van der Waals surface area contributed by atoms with E-state index in [4.69, 9.17) is 0 Å². The summed E-state index contributed by atoms with van der Waals surface area (Å²) in [5.74, 6) is 0.308. The highest BCUT2D eigenvalue weighted by Gasteiger charge is 2.22. The summed E-state index contributed by atoms with van der Waals surface area (Å²) in [4.78, 5) is 12.1. The molecule has 0 aromatic heterocycles. The van der Waals surface area contributed by atoms with Crippen LogP contribution in [0.25, 0.3) is 0 Å². The fraction of sp³-hybridized carbons (Fsp3) is 0.533. The summed E-state index contributed by atoms with van der Waals surface area (Å²) in [6.07, 6.45) is 2.09. The smallest absolute Gasteiger partial charge is 0.224 e. The molecule has 1 fully saturated rings. The van der Waals surface area contributed by atoms with Crippen molar-refractivity contribution in [3.05, 3.63) is 35.4 Å². The molecule has 0 saturated carbocycles. The molecule has 1 saturated heterocycles. The van der Waals surface area contributed by atoms with E-state index in [0.29, 0.717) is 0 Å². The number of benzene rings is 1. The van der Waals surface area contributed by atoms with Gasteiger partial charge in [0.1, 0.15) is 0 Å². The van der Waals surface area contributed by atoms with E-state index < -0.39 is 0 Å². The van der Waals surface area contributed by atoms with Gasteiger partial charge in [-0.2, -0.15) is 0 Å². The second kappa shape index (κ2) is 7.51. The SMILES string of the molecule is Cc1ccccc1C(C)NC(=O)[C@@H]1CCCNC1.Cl. The highest BCUT2D eigenvalue weighted by molar-refractivity contribution is 5.85. The van der Waals surface area contributed by atoms with Crippen molar-refractivity contribution < 1.29 is 4.79 Å². The molecule has 19 heavy (non-hydrogen) atoms. The summed E-state index contributed by atoms with van der Waals surface area (Å²) in [5, 5.41) is 6.41. The van der Waals surface area contributed by atoms with E-state index in [9.17, 15) is 4.79 Å². The molecule has 1 heterocycles. The first-order chi connectivity index (χ1) is 8.68. The first-order valence-corrected chi connectivity index (χ1v) is 6.75. The Morgan fingerprint density at radius 3 is 2.79 bits per heavy atom. The largest absolute Gasteiger partial charge is 0.349 e. The van der Waals surface area contributed by atoms with Crippen LogP contribution < -0.4 is 10.6 Å². The molecule has 2 N–H and O–H groups in total. The minimum atomic E-state index is 0. The van der Waals surface area contributed by atoms with Crippen molar-refractivity contribution in [1.82, 2.24) is 10.6 Å². The van der Waals surface area contributed by atoms with Gasteiger partial charge in [0.2, 0.25) is 5.91 Å². The zero-order valence-electron chi connectivity index (χ0n) is 11.6. The summed E-state index contributed by atoms with van der Waals surface area (Å²) in [5.41, 5.74) is 2.43. The zero-order chi connectivity index (χ0) is 13.0. The third-order valence-corrected chi connectivity index (χ3v) is 3.68. The predicted octanol–water partition coefficient (Wildman–Crippen LogP) is 2.59. The Kier molecular flexibility index (Phi) is 6.32. The van der Waals surface area contributed by atoms with Crippen LogP contribution in [-0.2, 0) is 4.79 Å². The summed E-state index contributed by atoms with van der Waals surface area (Å²) in [6, 6.07) is 8.30. The molecule has 4 heteroatoms. The average molecular weight is 283 g/mol. The van der Waals surface area contributed by atoms with E-state index in [-0.39, 0.29) is 30.3 Å². The maximum absolute atomic E-state index is 12.1. The first-order valence-electron chi connectivity index (χ1n) is 6.75. The second-order valence-electron chi connectivity index (χ2n) is 5.13. The lowest BCUT2D eigenvalue weighted by Gasteiger charge is -2.24.